The SMILES string of the molecule is CCCNC(C)Cc1ccc(Br)c(F)c1. The quantitative estimate of drug-likeness (QED) is 0.866. The van der Waals surface area contributed by atoms with Crippen molar-refractivity contribution in [3.8, 4) is 0 Å². The smallest absolute Gasteiger partial charge is 0.137 e. The standard InChI is InChI=1S/C12H17BrFN/c1-3-6-15-9(2)7-10-4-5-11(13)12(14)8-10/h4-5,8-9,15H,3,6-7H2,1-2H3. The van der Waals surface area contributed by atoms with Crippen molar-refractivity contribution in [3.05, 3.63) is 34.1 Å². The minimum atomic E-state index is -0.185. The first-order valence-electron chi connectivity index (χ1n) is 5.30. The van der Waals surface area contributed by atoms with E-state index in [1.54, 1.807) is 12.1 Å². The lowest BCUT2D eigenvalue weighted by molar-refractivity contribution is 0.541. The van der Waals surface area contributed by atoms with E-state index < -0.39 is 0 Å². The molecule has 0 bridgehead atoms. The summed E-state index contributed by atoms with van der Waals surface area (Å²) in [6, 6.07) is 5.70. The number of rotatable bonds is 5. The molecule has 0 aromatic heterocycles. The monoisotopic (exact) mass is 273 g/mol. The number of halogens is 2. The highest BCUT2D eigenvalue weighted by Gasteiger charge is 2.05. The molecule has 0 aliphatic heterocycles. The molecule has 0 fully saturated rings. The molecule has 84 valence electrons. The van der Waals surface area contributed by atoms with Crippen molar-refractivity contribution in [1.82, 2.24) is 5.32 Å². The largest absolute Gasteiger partial charge is 0.314 e. The number of benzene rings is 1. The highest BCUT2D eigenvalue weighted by molar-refractivity contribution is 9.10. The van der Waals surface area contributed by atoms with Crippen molar-refractivity contribution in [2.24, 2.45) is 0 Å². The predicted octanol–water partition coefficient (Wildman–Crippen LogP) is 3.52. The van der Waals surface area contributed by atoms with Crippen LogP contribution in [0.4, 0.5) is 4.39 Å². The second-order valence-corrected chi connectivity index (χ2v) is 4.66. The van der Waals surface area contributed by atoms with Gasteiger partial charge in [0.25, 0.3) is 0 Å². The maximum atomic E-state index is 13.2. The topological polar surface area (TPSA) is 12.0 Å². The van der Waals surface area contributed by atoms with Gasteiger partial charge < -0.3 is 5.32 Å². The molecular weight excluding hydrogens is 257 g/mol. The zero-order valence-corrected chi connectivity index (χ0v) is 10.8. The van der Waals surface area contributed by atoms with Crippen molar-refractivity contribution < 1.29 is 4.39 Å². The Labute approximate surface area is 99.2 Å². The van der Waals surface area contributed by atoms with Crippen LogP contribution in [0.1, 0.15) is 25.8 Å². The zero-order chi connectivity index (χ0) is 11.3. The van der Waals surface area contributed by atoms with E-state index in [-0.39, 0.29) is 5.82 Å². The highest BCUT2D eigenvalue weighted by atomic mass is 79.9. The lowest BCUT2D eigenvalue weighted by Crippen LogP contribution is -2.28. The van der Waals surface area contributed by atoms with Gasteiger partial charge in [-0.2, -0.15) is 0 Å². The molecule has 0 aliphatic rings. The molecule has 0 radical (unpaired) electrons. The van der Waals surface area contributed by atoms with Crippen LogP contribution in [0.15, 0.2) is 22.7 Å². The second kappa shape index (κ2) is 6.23. The summed E-state index contributed by atoms with van der Waals surface area (Å²) in [6.45, 7) is 5.27. The van der Waals surface area contributed by atoms with E-state index in [0.29, 0.717) is 10.5 Å². The van der Waals surface area contributed by atoms with E-state index in [1.165, 1.54) is 0 Å². The van der Waals surface area contributed by atoms with Crippen molar-refractivity contribution in [1.29, 1.82) is 0 Å². The second-order valence-electron chi connectivity index (χ2n) is 3.81. The van der Waals surface area contributed by atoms with E-state index >= 15 is 0 Å². The molecule has 1 nitrogen and oxygen atoms in total. The Morgan fingerprint density at radius 2 is 2.20 bits per heavy atom. The fourth-order valence-electron chi connectivity index (χ4n) is 1.48. The molecule has 1 atom stereocenters. The van der Waals surface area contributed by atoms with E-state index in [0.717, 1.165) is 24.9 Å². The summed E-state index contributed by atoms with van der Waals surface area (Å²) in [6.07, 6.45) is 1.99. The summed E-state index contributed by atoms with van der Waals surface area (Å²) in [5.74, 6) is -0.185. The number of nitrogens with one attached hydrogen (secondary N) is 1. The Bertz CT molecular complexity index is 314. The zero-order valence-electron chi connectivity index (χ0n) is 9.19. The van der Waals surface area contributed by atoms with Crippen LogP contribution in [0.2, 0.25) is 0 Å². The Kier molecular flexibility index (Phi) is 5.26. The van der Waals surface area contributed by atoms with Gasteiger partial charge in [0.1, 0.15) is 5.82 Å². The summed E-state index contributed by atoms with van der Waals surface area (Å²) in [4.78, 5) is 0. The van der Waals surface area contributed by atoms with Crippen LogP contribution in [-0.4, -0.2) is 12.6 Å². The molecule has 0 spiro atoms. The third kappa shape index (κ3) is 4.31. The Hall–Kier alpha value is -0.410. The molecule has 0 saturated heterocycles. The van der Waals surface area contributed by atoms with Gasteiger partial charge in [-0.05, 0) is 59.9 Å². The van der Waals surface area contributed by atoms with Crippen LogP contribution in [0.3, 0.4) is 0 Å². The molecule has 0 amide bonds. The van der Waals surface area contributed by atoms with Crippen LogP contribution in [-0.2, 0) is 6.42 Å². The summed E-state index contributed by atoms with van der Waals surface area (Å²) in [7, 11) is 0. The van der Waals surface area contributed by atoms with Gasteiger partial charge in [0, 0.05) is 6.04 Å². The molecule has 0 heterocycles. The lowest BCUT2D eigenvalue weighted by Gasteiger charge is -2.13. The molecule has 1 aromatic rings. The lowest BCUT2D eigenvalue weighted by atomic mass is 10.1. The fourth-order valence-corrected chi connectivity index (χ4v) is 1.73. The molecule has 1 N–H and O–H groups in total. The van der Waals surface area contributed by atoms with Gasteiger partial charge in [-0.1, -0.05) is 13.0 Å². The molecule has 1 unspecified atom stereocenters. The summed E-state index contributed by atoms with van der Waals surface area (Å²) < 4.78 is 13.7. The minimum Gasteiger partial charge on any atom is -0.314 e. The van der Waals surface area contributed by atoms with Gasteiger partial charge in [0.2, 0.25) is 0 Å². The van der Waals surface area contributed by atoms with Gasteiger partial charge in [0.15, 0.2) is 0 Å². The molecule has 15 heavy (non-hydrogen) atoms. The van der Waals surface area contributed by atoms with Crippen LogP contribution >= 0.6 is 15.9 Å². The van der Waals surface area contributed by atoms with Crippen LogP contribution < -0.4 is 5.32 Å². The Balaban J connectivity index is 2.53. The van der Waals surface area contributed by atoms with Gasteiger partial charge in [-0.3, -0.25) is 0 Å². The third-order valence-electron chi connectivity index (χ3n) is 2.27. The van der Waals surface area contributed by atoms with Crippen molar-refractivity contribution in [2.45, 2.75) is 32.7 Å². The third-order valence-corrected chi connectivity index (χ3v) is 2.91. The van der Waals surface area contributed by atoms with E-state index in [9.17, 15) is 4.39 Å². The highest BCUT2D eigenvalue weighted by Crippen LogP contribution is 2.17. The summed E-state index contributed by atoms with van der Waals surface area (Å²) >= 11 is 3.15. The van der Waals surface area contributed by atoms with Gasteiger partial charge in [-0.15, -0.1) is 0 Å². The molecular formula is C12H17BrFN. The first-order chi connectivity index (χ1) is 7.13. The minimum absolute atomic E-state index is 0.185. The van der Waals surface area contributed by atoms with Gasteiger partial charge >= 0.3 is 0 Å². The van der Waals surface area contributed by atoms with Crippen molar-refractivity contribution in [2.75, 3.05) is 6.54 Å². The van der Waals surface area contributed by atoms with Crippen LogP contribution in [0, 0.1) is 5.82 Å². The fraction of sp³-hybridized carbons (Fsp3) is 0.500. The maximum Gasteiger partial charge on any atom is 0.137 e. The van der Waals surface area contributed by atoms with E-state index in [2.05, 4.69) is 35.1 Å². The average molecular weight is 274 g/mol. The van der Waals surface area contributed by atoms with Crippen molar-refractivity contribution in [3.63, 3.8) is 0 Å². The first-order valence-corrected chi connectivity index (χ1v) is 6.10. The Morgan fingerprint density at radius 1 is 1.47 bits per heavy atom. The molecule has 1 aromatic carbocycles. The average Bonchev–Trinajstić information content (AvgIpc) is 2.20. The molecule has 1 rings (SSSR count). The molecule has 0 saturated carbocycles. The first kappa shape index (κ1) is 12.7. The van der Waals surface area contributed by atoms with Gasteiger partial charge in [0.05, 0.1) is 4.47 Å². The van der Waals surface area contributed by atoms with Crippen molar-refractivity contribution >= 4 is 15.9 Å². The number of hydrogen-bond donors (Lipinski definition) is 1. The summed E-state index contributed by atoms with van der Waals surface area (Å²) in [5, 5.41) is 3.38. The van der Waals surface area contributed by atoms with E-state index in [4.69, 9.17) is 0 Å². The molecule has 0 aliphatic carbocycles. The van der Waals surface area contributed by atoms with Crippen LogP contribution in [0.5, 0.6) is 0 Å². The summed E-state index contributed by atoms with van der Waals surface area (Å²) in [5.41, 5.74) is 1.03. The van der Waals surface area contributed by atoms with Crippen LogP contribution in [0.25, 0.3) is 0 Å². The normalized spacial score (nSPS) is 12.8. The van der Waals surface area contributed by atoms with Gasteiger partial charge in [-0.25, -0.2) is 4.39 Å². The molecule has 3 heteroatoms. The number of hydrogen-bond acceptors (Lipinski definition) is 1. The Morgan fingerprint density at radius 3 is 2.80 bits per heavy atom. The van der Waals surface area contributed by atoms with E-state index in [1.807, 2.05) is 6.07 Å². The predicted molar refractivity (Wildman–Crippen MR) is 65.6 cm³/mol. The maximum absolute atomic E-state index is 13.2.